The van der Waals surface area contributed by atoms with Crippen molar-refractivity contribution in [3.8, 4) is 6.07 Å². The number of amides is 3. The summed E-state index contributed by atoms with van der Waals surface area (Å²) in [7, 11) is 0. The number of benzene rings is 2. The van der Waals surface area contributed by atoms with Crippen molar-refractivity contribution in [3.63, 3.8) is 0 Å². The Morgan fingerprint density at radius 1 is 1.13 bits per heavy atom. The van der Waals surface area contributed by atoms with Gasteiger partial charge in [0.15, 0.2) is 6.61 Å². The third-order valence-corrected chi connectivity index (χ3v) is 5.27. The predicted molar refractivity (Wildman–Crippen MR) is 114 cm³/mol. The molecular weight excluding hydrogens is 418 g/mol. The largest absolute Gasteiger partial charge is 0.454 e. The molecule has 0 radical (unpaired) electrons. The quantitative estimate of drug-likeness (QED) is 0.498. The Labute approximate surface area is 183 Å². The Hall–Kier alpha value is -3.64. The predicted octanol–water partition coefficient (Wildman–Crippen LogP) is 2.46. The van der Waals surface area contributed by atoms with Crippen molar-refractivity contribution >= 4 is 41.1 Å². The lowest BCUT2D eigenvalue weighted by molar-refractivity contribution is -0.151. The van der Waals surface area contributed by atoms with Crippen LogP contribution in [0.3, 0.4) is 0 Å². The molecule has 0 spiro atoms. The van der Waals surface area contributed by atoms with E-state index >= 15 is 0 Å². The van der Waals surface area contributed by atoms with Gasteiger partial charge in [-0.3, -0.25) is 19.3 Å². The Bertz CT molecular complexity index is 1040. The van der Waals surface area contributed by atoms with Gasteiger partial charge < -0.3 is 10.1 Å². The number of rotatable bonds is 8. The van der Waals surface area contributed by atoms with Crippen LogP contribution >= 0.6 is 11.8 Å². The summed E-state index contributed by atoms with van der Waals surface area (Å²) < 4.78 is 5.13. The number of fused-ring (bicyclic) bond motifs is 1. The molecule has 8 nitrogen and oxygen atoms in total. The molecule has 0 saturated carbocycles. The molecule has 1 aliphatic rings. The molecule has 0 bridgehead atoms. The fourth-order valence-electron chi connectivity index (χ4n) is 3.17. The van der Waals surface area contributed by atoms with Crippen LogP contribution in [0.2, 0.25) is 0 Å². The number of ether oxygens (including phenoxy) is 1. The molecule has 9 heteroatoms. The van der Waals surface area contributed by atoms with E-state index in [4.69, 9.17) is 10.00 Å². The van der Waals surface area contributed by atoms with Gasteiger partial charge in [0, 0.05) is 5.69 Å². The van der Waals surface area contributed by atoms with Gasteiger partial charge in [0.2, 0.25) is 0 Å². The van der Waals surface area contributed by atoms with Gasteiger partial charge in [0.1, 0.15) is 6.04 Å². The minimum Gasteiger partial charge on any atom is -0.454 e. The molecule has 3 amide bonds. The van der Waals surface area contributed by atoms with Crippen molar-refractivity contribution in [2.75, 3.05) is 23.9 Å². The fourth-order valence-corrected chi connectivity index (χ4v) is 3.63. The van der Waals surface area contributed by atoms with Gasteiger partial charge >= 0.3 is 5.97 Å². The number of nitriles is 1. The number of nitrogens with zero attached hydrogens (tertiary/aromatic N) is 2. The number of hydrogen-bond donors (Lipinski definition) is 1. The second-order valence-electron chi connectivity index (χ2n) is 6.67. The van der Waals surface area contributed by atoms with Crippen molar-refractivity contribution in [2.24, 2.45) is 0 Å². The first-order valence-corrected chi connectivity index (χ1v) is 10.8. The van der Waals surface area contributed by atoms with Crippen LogP contribution < -0.4 is 5.32 Å². The van der Waals surface area contributed by atoms with Crippen LogP contribution in [0.4, 0.5) is 5.69 Å². The maximum Gasteiger partial charge on any atom is 0.329 e. The van der Waals surface area contributed by atoms with Crippen molar-refractivity contribution in [3.05, 3.63) is 65.2 Å². The summed E-state index contributed by atoms with van der Waals surface area (Å²) >= 11 is 1.46. The number of carbonyl (C=O) groups excluding carboxylic acids is 4. The van der Waals surface area contributed by atoms with Crippen molar-refractivity contribution in [1.29, 1.82) is 5.26 Å². The summed E-state index contributed by atoms with van der Waals surface area (Å²) in [5.41, 5.74) is 1.24. The molecule has 2 aromatic rings. The van der Waals surface area contributed by atoms with E-state index < -0.39 is 36.3 Å². The van der Waals surface area contributed by atoms with Crippen LogP contribution in [0, 0.1) is 11.3 Å². The van der Waals surface area contributed by atoms with Crippen LogP contribution in [-0.2, 0) is 14.3 Å². The highest BCUT2D eigenvalue weighted by Crippen LogP contribution is 2.26. The van der Waals surface area contributed by atoms with Crippen LogP contribution in [0.25, 0.3) is 0 Å². The van der Waals surface area contributed by atoms with E-state index in [1.54, 1.807) is 30.3 Å². The van der Waals surface area contributed by atoms with Gasteiger partial charge in [0.05, 0.1) is 22.8 Å². The lowest BCUT2D eigenvalue weighted by Crippen LogP contribution is -2.46. The highest BCUT2D eigenvalue weighted by atomic mass is 32.2. The topological polar surface area (TPSA) is 117 Å². The van der Waals surface area contributed by atoms with E-state index in [1.807, 2.05) is 12.3 Å². The fraction of sp³-hybridized carbons (Fsp3) is 0.227. The van der Waals surface area contributed by atoms with Crippen LogP contribution in [0.15, 0.2) is 48.5 Å². The molecule has 2 aromatic carbocycles. The van der Waals surface area contributed by atoms with Gasteiger partial charge in [-0.25, -0.2) is 4.79 Å². The number of hydrogen-bond acceptors (Lipinski definition) is 7. The lowest BCUT2D eigenvalue weighted by atomic mass is 10.1. The van der Waals surface area contributed by atoms with Gasteiger partial charge in [-0.2, -0.15) is 17.0 Å². The maximum absolute atomic E-state index is 12.7. The third-order valence-electron chi connectivity index (χ3n) is 4.63. The Balaban J connectivity index is 1.68. The second kappa shape index (κ2) is 9.91. The monoisotopic (exact) mass is 437 g/mol. The molecule has 1 atom stereocenters. The maximum atomic E-state index is 12.7. The van der Waals surface area contributed by atoms with Gasteiger partial charge in [-0.1, -0.05) is 18.2 Å². The summed E-state index contributed by atoms with van der Waals surface area (Å²) in [6.07, 6.45) is 2.05. The highest BCUT2D eigenvalue weighted by molar-refractivity contribution is 7.98. The van der Waals surface area contributed by atoms with E-state index in [-0.39, 0.29) is 17.5 Å². The smallest absolute Gasteiger partial charge is 0.329 e. The minimum absolute atomic E-state index is 0.206. The highest BCUT2D eigenvalue weighted by Gasteiger charge is 2.43. The molecule has 0 fully saturated rings. The summed E-state index contributed by atoms with van der Waals surface area (Å²) in [5.74, 6) is -2.03. The van der Waals surface area contributed by atoms with E-state index in [9.17, 15) is 19.2 Å². The molecule has 3 rings (SSSR count). The van der Waals surface area contributed by atoms with Crippen molar-refractivity contribution < 1.29 is 23.9 Å². The molecule has 158 valence electrons. The van der Waals surface area contributed by atoms with Gasteiger partial charge in [-0.15, -0.1) is 0 Å². The molecular formula is C22H19N3O5S. The molecule has 0 unspecified atom stereocenters. The number of imide groups is 1. The third kappa shape index (κ3) is 4.92. The van der Waals surface area contributed by atoms with E-state index in [2.05, 4.69) is 5.32 Å². The summed E-state index contributed by atoms with van der Waals surface area (Å²) in [6, 6.07) is 13.5. The molecule has 31 heavy (non-hydrogen) atoms. The molecule has 1 aliphatic heterocycles. The lowest BCUT2D eigenvalue weighted by Gasteiger charge is -2.24. The standard InChI is InChI=1S/C22H19N3O5S/c1-31-10-9-18(25-20(27)16-7-2-3-8-17(16)21(25)28)22(29)30-13-19(26)24-15-6-4-5-14(11-15)12-23/h2-8,11,18H,9-10,13H2,1H3,(H,24,26)/t18-/m1/s1. The number of anilines is 1. The van der Waals surface area contributed by atoms with E-state index in [1.165, 1.54) is 30.0 Å². The zero-order chi connectivity index (χ0) is 22.4. The first-order valence-electron chi connectivity index (χ1n) is 9.38. The van der Waals surface area contributed by atoms with Crippen molar-refractivity contribution in [1.82, 2.24) is 4.90 Å². The summed E-state index contributed by atoms with van der Waals surface area (Å²) in [5, 5.41) is 11.5. The van der Waals surface area contributed by atoms with Gasteiger partial charge in [-0.05, 0) is 48.8 Å². The zero-order valence-electron chi connectivity index (χ0n) is 16.7. The number of esters is 1. The first-order chi connectivity index (χ1) is 15.0. The average molecular weight is 437 g/mol. The normalized spacial score (nSPS) is 13.4. The number of thioether (sulfide) groups is 1. The molecule has 0 aliphatic carbocycles. The zero-order valence-corrected chi connectivity index (χ0v) is 17.5. The van der Waals surface area contributed by atoms with Crippen molar-refractivity contribution in [2.45, 2.75) is 12.5 Å². The first kappa shape index (κ1) is 22.1. The average Bonchev–Trinajstić information content (AvgIpc) is 3.03. The second-order valence-corrected chi connectivity index (χ2v) is 7.66. The Kier molecular flexibility index (Phi) is 7.05. The SMILES string of the molecule is CSCC[C@H](C(=O)OCC(=O)Nc1cccc(C#N)c1)N1C(=O)c2ccccc2C1=O. The number of nitrogens with one attached hydrogen (secondary N) is 1. The Morgan fingerprint density at radius 3 is 2.42 bits per heavy atom. The molecule has 1 heterocycles. The Morgan fingerprint density at radius 2 is 1.81 bits per heavy atom. The minimum atomic E-state index is -1.13. The molecule has 0 aromatic heterocycles. The van der Waals surface area contributed by atoms with Crippen LogP contribution in [-0.4, -0.2) is 53.2 Å². The van der Waals surface area contributed by atoms with E-state index in [0.717, 1.165) is 4.90 Å². The van der Waals surface area contributed by atoms with Crippen LogP contribution in [0.1, 0.15) is 32.7 Å². The summed E-state index contributed by atoms with van der Waals surface area (Å²) in [6.45, 7) is -0.589. The summed E-state index contributed by atoms with van der Waals surface area (Å²) in [4.78, 5) is 51.3. The van der Waals surface area contributed by atoms with E-state index in [0.29, 0.717) is 17.0 Å². The molecule has 0 saturated heterocycles. The van der Waals surface area contributed by atoms with Crippen LogP contribution in [0.5, 0.6) is 0 Å². The number of carbonyl (C=O) groups is 4. The molecule has 1 N–H and O–H groups in total. The van der Waals surface area contributed by atoms with Gasteiger partial charge in [0.25, 0.3) is 17.7 Å².